The van der Waals surface area contributed by atoms with Crippen molar-refractivity contribution < 1.29 is 19.5 Å². The van der Waals surface area contributed by atoms with Crippen LogP contribution in [0, 0.1) is 0 Å². The molecule has 0 radical (unpaired) electrons. The molecule has 0 aliphatic rings. The number of nitrogens with two attached hydrogens (primary N) is 3. The summed E-state index contributed by atoms with van der Waals surface area (Å²) in [5.74, 6) is -2.13. The second-order valence-corrected chi connectivity index (χ2v) is 8.20. The number of rotatable bonds is 15. The first-order valence-electron chi connectivity index (χ1n) is 11.4. The molecule has 1 aromatic heterocycles. The van der Waals surface area contributed by atoms with Gasteiger partial charge in [-0.15, -0.1) is 0 Å². The summed E-state index contributed by atoms with van der Waals surface area (Å²) in [7, 11) is 0. The second kappa shape index (κ2) is 13.6. The number of carbonyl (C=O) groups is 3. The van der Waals surface area contributed by atoms with Gasteiger partial charge in [0.1, 0.15) is 12.1 Å². The van der Waals surface area contributed by atoms with Crippen LogP contribution in [-0.4, -0.2) is 59.1 Å². The van der Waals surface area contributed by atoms with Gasteiger partial charge in [0.25, 0.3) is 0 Å². The standard InChI is InChI=1S/C23H36N6O4/c24-11-5-3-9-19(22(31)29-20(23(32)33)10-4-6-12-25)28-21(30)17(26)13-15-14-27-18-8-2-1-7-16(15)18/h1-2,7-8,14,17,19-20,27H,3-6,9-13,24-26H2,(H,28,30)(H,29,31)(H,32,33). The number of benzene rings is 1. The van der Waals surface area contributed by atoms with Crippen LogP contribution < -0.4 is 27.8 Å². The number of para-hydroxylation sites is 1. The number of hydrogen-bond acceptors (Lipinski definition) is 6. The maximum Gasteiger partial charge on any atom is 0.326 e. The summed E-state index contributed by atoms with van der Waals surface area (Å²) in [5, 5.41) is 15.7. The van der Waals surface area contributed by atoms with E-state index in [4.69, 9.17) is 17.2 Å². The van der Waals surface area contributed by atoms with Gasteiger partial charge in [0.15, 0.2) is 0 Å². The quantitative estimate of drug-likeness (QED) is 0.187. The number of carboxylic acid groups (broad SMARTS) is 1. The summed E-state index contributed by atoms with van der Waals surface area (Å²) in [6.45, 7) is 0.908. The molecule has 0 spiro atoms. The van der Waals surface area contributed by atoms with Crippen molar-refractivity contribution in [2.75, 3.05) is 13.1 Å². The molecular weight excluding hydrogens is 424 g/mol. The summed E-state index contributed by atoms with van der Waals surface area (Å²) >= 11 is 0. The van der Waals surface area contributed by atoms with Gasteiger partial charge in [0.2, 0.25) is 11.8 Å². The van der Waals surface area contributed by atoms with Crippen molar-refractivity contribution in [3.05, 3.63) is 36.0 Å². The monoisotopic (exact) mass is 460 g/mol. The molecule has 10 N–H and O–H groups in total. The first kappa shape index (κ1) is 26.3. The minimum atomic E-state index is -1.12. The van der Waals surface area contributed by atoms with Crippen molar-refractivity contribution >= 4 is 28.7 Å². The van der Waals surface area contributed by atoms with Crippen molar-refractivity contribution in [3.8, 4) is 0 Å². The van der Waals surface area contributed by atoms with Gasteiger partial charge in [-0.1, -0.05) is 18.2 Å². The number of aromatic nitrogens is 1. The number of H-pyrrole nitrogens is 1. The number of amides is 2. The van der Waals surface area contributed by atoms with Crippen LogP contribution >= 0.6 is 0 Å². The Morgan fingerprint density at radius 3 is 2.15 bits per heavy atom. The zero-order chi connectivity index (χ0) is 24.2. The van der Waals surface area contributed by atoms with Gasteiger partial charge in [-0.2, -0.15) is 0 Å². The summed E-state index contributed by atoms with van der Waals surface area (Å²) in [6, 6.07) is 4.91. The molecule has 2 amide bonds. The molecule has 0 bridgehead atoms. The highest BCUT2D eigenvalue weighted by atomic mass is 16.4. The third-order valence-corrected chi connectivity index (χ3v) is 5.59. The summed E-state index contributed by atoms with van der Waals surface area (Å²) in [4.78, 5) is 40.4. The van der Waals surface area contributed by atoms with Crippen molar-refractivity contribution in [1.29, 1.82) is 0 Å². The number of carboxylic acids is 1. The number of unbranched alkanes of at least 4 members (excludes halogenated alkanes) is 2. The lowest BCUT2D eigenvalue weighted by molar-refractivity contribution is -0.142. The molecule has 2 rings (SSSR count). The van der Waals surface area contributed by atoms with Crippen LogP contribution in [0.1, 0.15) is 44.1 Å². The average Bonchev–Trinajstić information content (AvgIpc) is 3.20. The van der Waals surface area contributed by atoms with Gasteiger partial charge in [-0.25, -0.2) is 4.79 Å². The van der Waals surface area contributed by atoms with Crippen molar-refractivity contribution in [2.24, 2.45) is 17.2 Å². The third-order valence-electron chi connectivity index (χ3n) is 5.59. The lowest BCUT2D eigenvalue weighted by atomic mass is 10.0. The minimum absolute atomic E-state index is 0.266. The number of aromatic amines is 1. The van der Waals surface area contributed by atoms with Crippen LogP contribution in [0.2, 0.25) is 0 Å². The van der Waals surface area contributed by atoms with E-state index in [0.717, 1.165) is 16.5 Å². The van der Waals surface area contributed by atoms with Gasteiger partial charge in [-0.05, 0) is 69.7 Å². The van der Waals surface area contributed by atoms with Gasteiger partial charge in [-0.3, -0.25) is 9.59 Å². The summed E-state index contributed by atoms with van der Waals surface area (Å²) in [5.41, 5.74) is 19.0. The van der Waals surface area contributed by atoms with Crippen LogP contribution in [0.15, 0.2) is 30.5 Å². The molecule has 33 heavy (non-hydrogen) atoms. The fourth-order valence-electron chi connectivity index (χ4n) is 3.69. The van der Waals surface area contributed by atoms with E-state index >= 15 is 0 Å². The van der Waals surface area contributed by atoms with E-state index in [-0.39, 0.29) is 6.42 Å². The van der Waals surface area contributed by atoms with E-state index in [1.165, 1.54) is 0 Å². The second-order valence-electron chi connectivity index (χ2n) is 8.20. The fourth-order valence-corrected chi connectivity index (χ4v) is 3.69. The maximum atomic E-state index is 12.8. The molecular formula is C23H36N6O4. The first-order chi connectivity index (χ1) is 15.9. The van der Waals surface area contributed by atoms with E-state index in [1.54, 1.807) is 0 Å². The van der Waals surface area contributed by atoms with Gasteiger partial charge >= 0.3 is 5.97 Å². The molecule has 10 nitrogen and oxygen atoms in total. The molecule has 182 valence electrons. The molecule has 0 aliphatic carbocycles. The molecule has 0 fully saturated rings. The van der Waals surface area contributed by atoms with Crippen LogP contribution in [-0.2, 0) is 20.8 Å². The Kier molecular flexibility index (Phi) is 10.8. The molecule has 1 heterocycles. The molecule has 0 aliphatic heterocycles. The Bertz CT molecular complexity index is 915. The number of hydrogen-bond donors (Lipinski definition) is 7. The Morgan fingerprint density at radius 2 is 1.52 bits per heavy atom. The predicted octanol–water partition coefficient (Wildman–Crippen LogP) is 0.350. The van der Waals surface area contributed by atoms with E-state index in [9.17, 15) is 19.5 Å². The van der Waals surface area contributed by atoms with Crippen LogP contribution in [0.25, 0.3) is 10.9 Å². The summed E-state index contributed by atoms with van der Waals surface area (Å²) < 4.78 is 0. The highest BCUT2D eigenvalue weighted by Crippen LogP contribution is 2.19. The number of carbonyl (C=O) groups excluding carboxylic acids is 2. The third kappa shape index (κ3) is 8.16. The highest BCUT2D eigenvalue weighted by Gasteiger charge is 2.27. The minimum Gasteiger partial charge on any atom is -0.480 e. The topological polar surface area (TPSA) is 189 Å². The largest absolute Gasteiger partial charge is 0.480 e. The Hall–Kier alpha value is -2.95. The average molecular weight is 461 g/mol. The van der Waals surface area contributed by atoms with E-state index in [2.05, 4.69) is 15.6 Å². The smallest absolute Gasteiger partial charge is 0.326 e. The number of nitrogens with one attached hydrogen (secondary N) is 3. The summed E-state index contributed by atoms with van der Waals surface area (Å²) in [6.07, 6.45) is 5.25. The Labute approximate surface area is 193 Å². The molecule has 10 heteroatoms. The molecule has 1 aromatic carbocycles. The van der Waals surface area contributed by atoms with E-state index in [1.807, 2.05) is 30.5 Å². The zero-order valence-corrected chi connectivity index (χ0v) is 18.9. The van der Waals surface area contributed by atoms with Gasteiger partial charge in [0, 0.05) is 17.1 Å². The number of fused-ring (bicyclic) bond motifs is 1. The SMILES string of the molecule is NCCCCC(NC(=O)C(CCCCN)NC(=O)C(N)Cc1c[nH]c2ccccc12)C(=O)O. The van der Waals surface area contributed by atoms with E-state index in [0.29, 0.717) is 51.6 Å². The molecule has 3 unspecified atom stereocenters. The highest BCUT2D eigenvalue weighted by molar-refractivity contribution is 5.92. The molecule has 3 atom stereocenters. The lowest BCUT2D eigenvalue weighted by Gasteiger charge is -2.23. The lowest BCUT2D eigenvalue weighted by Crippen LogP contribution is -2.54. The fraction of sp³-hybridized carbons (Fsp3) is 0.522. The molecule has 0 saturated carbocycles. The van der Waals surface area contributed by atoms with Crippen LogP contribution in [0.4, 0.5) is 0 Å². The number of aliphatic carboxylic acids is 1. The van der Waals surface area contributed by atoms with Gasteiger partial charge in [0.05, 0.1) is 6.04 Å². The van der Waals surface area contributed by atoms with Crippen molar-refractivity contribution in [3.63, 3.8) is 0 Å². The van der Waals surface area contributed by atoms with Crippen LogP contribution in [0.3, 0.4) is 0 Å². The van der Waals surface area contributed by atoms with Crippen molar-refractivity contribution in [2.45, 2.75) is 63.1 Å². The molecule has 2 aromatic rings. The molecule has 0 saturated heterocycles. The van der Waals surface area contributed by atoms with Crippen molar-refractivity contribution in [1.82, 2.24) is 15.6 Å². The normalized spacial score (nSPS) is 13.9. The van der Waals surface area contributed by atoms with Crippen LogP contribution in [0.5, 0.6) is 0 Å². The maximum absolute atomic E-state index is 12.8. The van der Waals surface area contributed by atoms with E-state index < -0.39 is 35.9 Å². The first-order valence-corrected chi connectivity index (χ1v) is 11.4. The Morgan fingerprint density at radius 1 is 0.909 bits per heavy atom. The Balaban J connectivity index is 2.03. The predicted molar refractivity (Wildman–Crippen MR) is 127 cm³/mol. The van der Waals surface area contributed by atoms with Gasteiger partial charge < -0.3 is 37.9 Å². The zero-order valence-electron chi connectivity index (χ0n) is 18.9.